The summed E-state index contributed by atoms with van der Waals surface area (Å²) in [6.45, 7) is 6.65. The Morgan fingerprint density at radius 3 is 2.03 bits per heavy atom. The molecule has 0 aliphatic heterocycles. The largest absolute Gasteiger partial charge is 0.496 e. The van der Waals surface area contributed by atoms with Gasteiger partial charge in [0.15, 0.2) is 6.61 Å². The van der Waals surface area contributed by atoms with Crippen molar-refractivity contribution in [1.29, 1.82) is 0 Å². The molecule has 202 valence electrons. The molecule has 0 heterocycles. The lowest BCUT2D eigenvalue weighted by atomic mass is 10.0. The molecule has 0 aromatic heterocycles. The standard InChI is InChI=1S/C31H38N2O5/c1-22(2)19-32-31(35)29(15-24-9-7-6-8-10-24)33(20-25-13-11-23(3)12-14-25)30(34)21-38-28-17-26(36-4)16-27(18-28)37-5/h6-14,16-18,22,29H,15,19-21H2,1-5H3,(H,32,35)/t29-/m0/s1. The van der Waals surface area contributed by atoms with E-state index in [9.17, 15) is 9.59 Å². The lowest BCUT2D eigenvalue weighted by Crippen LogP contribution is -2.52. The number of nitrogens with zero attached hydrogens (tertiary/aromatic N) is 1. The van der Waals surface area contributed by atoms with Gasteiger partial charge in [-0.2, -0.15) is 0 Å². The molecule has 3 aromatic rings. The van der Waals surface area contributed by atoms with Crippen molar-refractivity contribution in [2.75, 3.05) is 27.4 Å². The molecule has 0 aliphatic carbocycles. The van der Waals surface area contributed by atoms with Crippen molar-refractivity contribution >= 4 is 11.8 Å². The summed E-state index contributed by atoms with van der Waals surface area (Å²) >= 11 is 0. The van der Waals surface area contributed by atoms with E-state index in [4.69, 9.17) is 14.2 Å². The number of methoxy groups -OCH3 is 2. The van der Waals surface area contributed by atoms with Gasteiger partial charge in [-0.1, -0.05) is 74.0 Å². The van der Waals surface area contributed by atoms with Gasteiger partial charge in [-0.3, -0.25) is 9.59 Å². The van der Waals surface area contributed by atoms with Gasteiger partial charge in [0.1, 0.15) is 23.3 Å². The minimum Gasteiger partial charge on any atom is -0.496 e. The molecule has 0 unspecified atom stereocenters. The molecule has 0 spiro atoms. The predicted molar refractivity (Wildman–Crippen MR) is 149 cm³/mol. The third kappa shape index (κ3) is 8.54. The Bertz CT molecular complexity index is 1160. The molecule has 0 radical (unpaired) electrons. The number of hydrogen-bond donors (Lipinski definition) is 1. The van der Waals surface area contributed by atoms with Crippen molar-refractivity contribution < 1.29 is 23.8 Å². The molecule has 7 heteroatoms. The van der Waals surface area contributed by atoms with Crippen molar-refractivity contribution in [2.24, 2.45) is 5.92 Å². The maximum Gasteiger partial charge on any atom is 0.261 e. The van der Waals surface area contributed by atoms with Crippen LogP contribution in [-0.4, -0.2) is 50.1 Å². The van der Waals surface area contributed by atoms with Crippen LogP contribution in [0, 0.1) is 12.8 Å². The van der Waals surface area contributed by atoms with E-state index < -0.39 is 6.04 Å². The zero-order chi connectivity index (χ0) is 27.5. The number of aryl methyl sites for hydroxylation is 1. The lowest BCUT2D eigenvalue weighted by Gasteiger charge is -2.31. The van der Waals surface area contributed by atoms with Crippen LogP contribution in [0.4, 0.5) is 0 Å². The minimum absolute atomic E-state index is 0.189. The van der Waals surface area contributed by atoms with Crippen molar-refractivity contribution in [2.45, 2.75) is 39.8 Å². The van der Waals surface area contributed by atoms with Crippen LogP contribution in [-0.2, 0) is 22.6 Å². The van der Waals surface area contributed by atoms with Crippen molar-refractivity contribution in [3.8, 4) is 17.2 Å². The van der Waals surface area contributed by atoms with E-state index in [1.165, 1.54) is 0 Å². The molecule has 3 aromatic carbocycles. The highest BCUT2D eigenvalue weighted by molar-refractivity contribution is 5.88. The first-order valence-electron chi connectivity index (χ1n) is 12.8. The highest BCUT2D eigenvalue weighted by Crippen LogP contribution is 2.27. The van der Waals surface area contributed by atoms with Crippen molar-refractivity contribution in [1.82, 2.24) is 10.2 Å². The number of carbonyl (C=O) groups excluding carboxylic acids is 2. The van der Waals surface area contributed by atoms with Gasteiger partial charge in [0.05, 0.1) is 14.2 Å². The van der Waals surface area contributed by atoms with E-state index in [0.717, 1.165) is 16.7 Å². The summed E-state index contributed by atoms with van der Waals surface area (Å²) in [5.41, 5.74) is 3.02. The number of nitrogens with one attached hydrogen (secondary N) is 1. The monoisotopic (exact) mass is 518 g/mol. The van der Waals surface area contributed by atoms with Crippen LogP contribution >= 0.6 is 0 Å². The third-order valence-corrected chi connectivity index (χ3v) is 6.12. The van der Waals surface area contributed by atoms with Crippen LogP contribution in [0.1, 0.15) is 30.5 Å². The molecule has 2 amide bonds. The van der Waals surface area contributed by atoms with Crippen LogP contribution in [0.25, 0.3) is 0 Å². The summed E-state index contributed by atoms with van der Waals surface area (Å²) in [6, 6.07) is 22.1. The second-order valence-corrected chi connectivity index (χ2v) is 9.69. The van der Waals surface area contributed by atoms with Gasteiger partial charge in [-0.05, 0) is 24.0 Å². The van der Waals surface area contributed by atoms with Crippen LogP contribution in [0.5, 0.6) is 17.2 Å². The van der Waals surface area contributed by atoms with E-state index in [0.29, 0.717) is 30.2 Å². The fourth-order valence-corrected chi connectivity index (χ4v) is 3.96. The summed E-state index contributed by atoms with van der Waals surface area (Å²) in [6.07, 6.45) is 0.384. The summed E-state index contributed by atoms with van der Waals surface area (Å²) in [7, 11) is 3.11. The molecule has 3 rings (SSSR count). The topological polar surface area (TPSA) is 77.1 Å². The molecular weight excluding hydrogens is 480 g/mol. The molecule has 38 heavy (non-hydrogen) atoms. The fraction of sp³-hybridized carbons (Fsp3) is 0.355. The van der Waals surface area contributed by atoms with E-state index in [1.54, 1.807) is 37.3 Å². The van der Waals surface area contributed by atoms with Gasteiger partial charge in [0, 0.05) is 37.7 Å². The molecule has 7 nitrogen and oxygen atoms in total. The zero-order valence-electron chi connectivity index (χ0n) is 22.9. The van der Waals surface area contributed by atoms with E-state index in [2.05, 4.69) is 5.32 Å². The second-order valence-electron chi connectivity index (χ2n) is 9.69. The number of ether oxygens (including phenoxy) is 3. The minimum atomic E-state index is -0.714. The Balaban J connectivity index is 1.91. The highest BCUT2D eigenvalue weighted by atomic mass is 16.5. The molecule has 0 saturated heterocycles. The Morgan fingerprint density at radius 1 is 0.842 bits per heavy atom. The van der Waals surface area contributed by atoms with Gasteiger partial charge in [0.25, 0.3) is 5.91 Å². The molecule has 0 bridgehead atoms. The Kier molecular flexibility index (Phi) is 10.6. The first-order valence-corrected chi connectivity index (χ1v) is 12.8. The van der Waals surface area contributed by atoms with E-state index in [1.807, 2.05) is 75.4 Å². The Morgan fingerprint density at radius 2 is 1.45 bits per heavy atom. The number of hydrogen-bond acceptors (Lipinski definition) is 5. The molecular formula is C31H38N2O5. The lowest BCUT2D eigenvalue weighted by molar-refractivity contribution is -0.142. The molecule has 0 saturated carbocycles. The van der Waals surface area contributed by atoms with Crippen LogP contribution < -0.4 is 19.5 Å². The summed E-state index contributed by atoms with van der Waals surface area (Å²) in [4.78, 5) is 28.8. The Hall–Kier alpha value is -4.00. The van der Waals surface area contributed by atoms with Gasteiger partial charge in [-0.25, -0.2) is 0 Å². The maximum atomic E-state index is 13.7. The predicted octanol–water partition coefficient (Wildman–Crippen LogP) is 4.80. The molecule has 1 N–H and O–H groups in total. The van der Waals surface area contributed by atoms with Crippen LogP contribution in [0.3, 0.4) is 0 Å². The number of carbonyl (C=O) groups is 2. The molecule has 0 aliphatic rings. The van der Waals surface area contributed by atoms with E-state index >= 15 is 0 Å². The molecule has 0 fully saturated rings. The van der Waals surface area contributed by atoms with Gasteiger partial charge >= 0.3 is 0 Å². The zero-order valence-corrected chi connectivity index (χ0v) is 22.9. The van der Waals surface area contributed by atoms with E-state index in [-0.39, 0.29) is 30.9 Å². The van der Waals surface area contributed by atoms with Gasteiger partial charge in [-0.15, -0.1) is 0 Å². The van der Waals surface area contributed by atoms with Gasteiger partial charge in [0.2, 0.25) is 5.91 Å². The SMILES string of the molecule is COc1cc(OC)cc(OCC(=O)N(Cc2ccc(C)cc2)[C@@H](Cc2ccccc2)C(=O)NCC(C)C)c1. The van der Waals surface area contributed by atoms with Crippen molar-refractivity contribution in [3.63, 3.8) is 0 Å². The number of amides is 2. The number of rotatable bonds is 13. The molecule has 1 atom stereocenters. The van der Waals surface area contributed by atoms with Crippen LogP contribution in [0.2, 0.25) is 0 Å². The van der Waals surface area contributed by atoms with Crippen molar-refractivity contribution in [3.05, 3.63) is 89.5 Å². The first kappa shape index (κ1) is 28.6. The number of benzene rings is 3. The summed E-state index contributed by atoms with van der Waals surface area (Å²) < 4.78 is 16.5. The highest BCUT2D eigenvalue weighted by Gasteiger charge is 2.30. The average molecular weight is 519 g/mol. The average Bonchev–Trinajstić information content (AvgIpc) is 2.93. The normalized spacial score (nSPS) is 11.5. The second kappa shape index (κ2) is 14.1. The third-order valence-electron chi connectivity index (χ3n) is 6.12. The fourth-order valence-electron chi connectivity index (χ4n) is 3.96. The quantitative estimate of drug-likeness (QED) is 0.352. The first-order chi connectivity index (χ1) is 18.3. The summed E-state index contributed by atoms with van der Waals surface area (Å²) in [5.74, 6) is 1.34. The smallest absolute Gasteiger partial charge is 0.261 e. The Labute approximate surface area is 225 Å². The maximum absolute atomic E-state index is 13.7. The summed E-state index contributed by atoms with van der Waals surface area (Å²) in [5, 5.41) is 3.03. The van der Waals surface area contributed by atoms with Gasteiger partial charge < -0.3 is 24.4 Å². The van der Waals surface area contributed by atoms with Crippen LogP contribution in [0.15, 0.2) is 72.8 Å².